The Hall–Kier alpha value is -1.19. The largest absolute Gasteiger partial charge is 0.257 e. The summed E-state index contributed by atoms with van der Waals surface area (Å²) in [7, 11) is 0. The molecular formula is C4H6N4. The van der Waals surface area contributed by atoms with Gasteiger partial charge in [0, 0.05) is 0 Å². The number of hydrogen-bond acceptors (Lipinski definition) is 4. The standard InChI is InChI=1S/C4H6N4/c1-2-4-3-5-7-8-6-4/h2-3H,1H3,(H,6,7). The van der Waals surface area contributed by atoms with Gasteiger partial charge in [0.2, 0.25) is 0 Å². The van der Waals surface area contributed by atoms with Crippen LogP contribution in [0.25, 0.3) is 0 Å². The first-order valence-electron chi connectivity index (χ1n) is 2.29. The van der Waals surface area contributed by atoms with Crippen molar-refractivity contribution in [3.05, 3.63) is 11.8 Å². The van der Waals surface area contributed by atoms with Crippen molar-refractivity contribution in [3.63, 3.8) is 0 Å². The van der Waals surface area contributed by atoms with Crippen LogP contribution in [0, 0.1) is 0 Å². The third-order valence-electron chi connectivity index (χ3n) is 0.783. The molecule has 0 spiro atoms. The van der Waals surface area contributed by atoms with Gasteiger partial charge in [-0.15, -0.1) is 5.10 Å². The number of hydrogen-bond donors (Lipinski definition) is 1. The molecule has 42 valence electrons. The molecular weight excluding hydrogens is 104 g/mol. The first-order valence-corrected chi connectivity index (χ1v) is 2.29. The molecule has 1 heterocycles. The molecule has 0 fully saturated rings. The average Bonchev–Trinajstić information content (AvgIpc) is 1.90. The van der Waals surface area contributed by atoms with Crippen LogP contribution in [0.5, 0.6) is 0 Å². The molecule has 0 unspecified atom stereocenters. The van der Waals surface area contributed by atoms with Gasteiger partial charge < -0.3 is 0 Å². The van der Waals surface area contributed by atoms with Crippen LogP contribution < -0.4 is 5.43 Å². The first-order chi connectivity index (χ1) is 3.93. The second-order valence-electron chi connectivity index (χ2n) is 1.29. The van der Waals surface area contributed by atoms with E-state index in [1.165, 1.54) is 0 Å². The highest BCUT2D eigenvalue weighted by molar-refractivity contribution is 5.77. The van der Waals surface area contributed by atoms with E-state index in [1.807, 2.05) is 13.0 Å². The smallest absolute Gasteiger partial charge is 0.0762 e. The summed E-state index contributed by atoms with van der Waals surface area (Å²) in [5.41, 5.74) is 3.51. The highest BCUT2D eigenvalue weighted by atomic mass is 15.5. The van der Waals surface area contributed by atoms with E-state index in [4.69, 9.17) is 0 Å². The SMILES string of the molecule is CC=C1C=NN=NN1. The van der Waals surface area contributed by atoms with Gasteiger partial charge >= 0.3 is 0 Å². The molecule has 1 aliphatic rings. The monoisotopic (exact) mass is 110 g/mol. The lowest BCUT2D eigenvalue weighted by molar-refractivity contribution is 0.784. The van der Waals surface area contributed by atoms with Crippen molar-refractivity contribution >= 4 is 6.21 Å². The lowest BCUT2D eigenvalue weighted by Gasteiger charge is -1.97. The van der Waals surface area contributed by atoms with E-state index in [-0.39, 0.29) is 0 Å². The predicted molar refractivity (Wildman–Crippen MR) is 30.2 cm³/mol. The molecule has 1 aliphatic heterocycles. The Labute approximate surface area is 47.0 Å². The number of allylic oxidation sites excluding steroid dienone is 2. The molecule has 0 aromatic heterocycles. The summed E-state index contributed by atoms with van der Waals surface area (Å²) < 4.78 is 0. The van der Waals surface area contributed by atoms with Crippen LogP contribution in [0.1, 0.15) is 6.92 Å². The predicted octanol–water partition coefficient (Wildman–Crippen LogP) is 0.846. The maximum absolute atomic E-state index is 3.53. The van der Waals surface area contributed by atoms with Crippen molar-refractivity contribution in [2.24, 2.45) is 15.5 Å². The second-order valence-corrected chi connectivity index (χ2v) is 1.29. The van der Waals surface area contributed by atoms with E-state index < -0.39 is 0 Å². The minimum absolute atomic E-state index is 0.875. The molecule has 0 aromatic rings. The van der Waals surface area contributed by atoms with E-state index in [0.29, 0.717) is 0 Å². The third kappa shape index (κ3) is 0.900. The van der Waals surface area contributed by atoms with Gasteiger partial charge in [0.15, 0.2) is 0 Å². The van der Waals surface area contributed by atoms with E-state index in [1.54, 1.807) is 6.21 Å². The summed E-state index contributed by atoms with van der Waals surface area (Å²) >= 11 is 0. The van der Waals surface area contributed by atoms with Crippen molar-refractivity contribution in [2.75, 3.05) is 0 Å². The Bertz CT molecular complexity index is 155. The molecule has 0 amide bonds. The number of rotatable bonds is 0. The van der Waals surface area contributed by atoms with Crippen LogP contribution in [-0.4, -0.2) is 6.21 Å². The van der Waals surface area contributed by atoms with Gasteiger partial charge in [0.1, 0.15) is 0 Å². The van der Waals surface area contributed by atoms with Gasteiger partial charge in [-0.05, 0) is 17.4 Å². The highest BCUT2D eigenvalue weighted by Gasteiger charge is 1.89. The Morgan fingerprint density at radius 2 is 2.62 bits per heavy atom. The Kier molecular flexibility index (Phi) is 1.37. The first kappa shape index (κ1) is 4.96. The van der Waals surface area contributed by atoms with Crippen molar-refractivity contribution < 1.29 is 0 Å². The molecule has 4 nitrogen and oxygen atoms in total. The van der Waals surface area contributed by atoms with Crippen LogP contribution in [0.4, 0.5) is 0 Å². The van der Waals surface area contributed by atoms with Gasteiger partial charge in [0.25, 0.3) is 0 Å². The lowest BCUT2D eigenvalue weighted by Crippen LogP contribution is -2.07. The zero-order chi connectivity index (χ0) is 5.82. The van der Waals surface area contributed by atoms with Crippen molar-refractivity contribution in [3.8, 4) is 0 Å². The summed E-state index contributed by atoms with van der Waals surface area (Å²) in [4.78, 5) is 0. The van der Waals surface area contributed by atoms with Crippen molar-refractivity contribution in [2.45, 2.75) is 6.92 Å². The molecule has 1 N–H and O–H groups in total. The fraction of sp³-hybridized carbons (Fsp3) is 0.250. The number of nitrogens with one attached hydrogen (secondary N) is 1. The lowest BCUT2D eigenvalue weighted by atomic mass is 10.4. The summed E-state index contributed by atoms with van der Waals surface area (Å²) in [5, 5.41) is 10.3. The molecule has 0 radical (unpaired) electrons. The molecule has 8 heavy (non-hydrogen) atoms. The van der Waals surface area contributed by atoms with Crippen LogP contribution in [0.15, 0.2) is 27.3 Å². The summed E-state index contributed by atoms with van der Waals surface area (Å²) in [6, 6.07) is 0. The second kappa shape index (κ2) is 2.20. The molecule has 0 aromatic carbocycles. The minimum Gasteiger partial charge on any atom is -0.257 e. The van der Waals surface area contributed by atoms with Gasteiger partial charge in [-0.25, -0.2) is 0 Å². The fourth-order valence-electron chi connectivity index (χ4n) is 0.362. The van der Waals surface area contributed by atoms with Gasteiger partial charge in [-0.2, -0.15) is 0 Å². The molecule has 0 aliphatic carbocycles. The molecule has 0 saturated heterocycles. The maximum Gasteiger partial charge on any atom is 0.0762 e. The van der Waals surface area contributed by atoms with Gasteiger partial charge in [0.05, 0.1) is 11.9 Å². The molecule has 4 heteroatoms. The number of nitrogens with zero attached hydrogens (tertiary/aromatic N) is 3. The van der Waals surface area contributed by atoms with E-state index in [0.717, 1.165) is 5.70 Å². The fourth-order valence-corrected chi connectivity index (χ4v) is 0.362. The van der Waals surface area contributed by atoms with Crippen molar-refractivity contribution in [1.29, 1.82) is 0 Å². The van der Waals surface area contributed by atoms with Gasteiger partial charge in [-0.3, -0.25) is 5.43 Å². The Balaban J connectivity index is 2.66. The molecule has 0 atom stereocenters. The average molecular weight is 110 g/mol. The van der Waals surface area contributed by atoms with Crippen LogP contribution in [0.3, 0.4) is 0 Å². The Morgan fingerprint density at radius 3 is 3.00 bits per heavy atom. The summed E-state index contributed by atoms with van der Waals surface area (Å²) in [6.45, 7) is 1.90. The zero-order valence-electron chi connectivity index (χ0n) is 4.50. The van der Waals surface area contributed by atoms with Crippen LogP contribution in [-0.2, 0) is 0 Å². The highest BCUT2D eigenvalue weighted by Crippen LogP contribution is 1.90. The minimum atomic E-state index is 0.875. The van der Waals surface area contributed by atoms with Gasteiger partial charge in [-0.1, -0.05) is 6.08 Å². The third-order valence-corrected chi connectivity index (χ3v) is 0.783. The molecule has 1 rings (SSSR count). The van der Waals surface area contributed by atoms with Crippen LogP contribution >= 0.6 is 0 Å². The van der Waals surface area contributed by atoms with E-state index in [2.05, 4.69) is 21.0 Å². The maximum atomic E-state index is 3.53. The quantitative estimate of drug-likeness (QED) is 0.493. The van der Waals surface area contributed by atoms with Crippen LogP contribution in [0.2, 0.25) is 0 Å². The normalized spacial score (nSPS) is 21.4. The van der Waals surface area contributed by atoms with E-state index >= 15 is 0 Å². The van der Waals surface area contributed by atoms with E-state index in [9.17, 15) is 0 Å². The summed E-state index contributed by atoms with van der Waals surface area (Å²) in [5.74, 6) is 0. The Morgan fingerprint density at radius 1 is 1.75 bits per heavy atom. The van der Waals surface area contributed by atoms with Crippen molar-refractivity contribution in [1.82, 2.24) is 5.43 Å². The molecule has 0 bridgehead atoms. The zero-order valence-corrected chi connectivity index (χ0v) is 4.50. The molecule has 0 saturated carbocycles. The summed E-state index contributed by atoms with van der Waals surface area (Å²) in [6.07, 6.45) is 3.47. The topological polar surface area (TPSA) is 49.1 Å².